The van der Waals surface area contributed by atoms with Gasteiger partial charge in [0, 0.05) is 35.1 Å². The Balaban J connectivity index is 2.10. The van der Waals surface area contributed by atoms with Crippen LogP contribution in [-0.2, 0) is 6.42 Å². The van der Waals surface area contributed by atoms with Gasteiger partial charge in [0.25, 0.3) is 0 Å². The summed E-state index contributed by atoms with van der Waals surface area (Å²) in [4.78, 5) is 28.8. The van der Waals surface area contributed by atoms with E-state index < -0.39 is 11.4 Å². The second-order valence-corrected chi connectivity index (χ2v) is 7.30. The Kier molecular flexibility index (Phi) is 4.10. The monoisotopic (exact) mass is 362 g/mol. The van der Waals surface area contributed by atoms with Crippen LogP contribution in [-0.4, -0.2) is 20.6 Å². The van der Waals surface area contributed by atoms with Gasteiger partial charge >= 0.3 is 5.97 Å². The van der Waals surface area contributed by atoms with Crippen LogP contribution < -0.4 is 5.43 Å². The van der Waals surface area contributed by atoms with Crippen molar-refractivity contribution in [2.45, 2.75) is 46.1 Å². The fraction of sp³-hybridized carbons (Fsp3) is 0.318. The van der Waals surface area contributed by atoms with Crippen molar-refractivity contribution in [3.05, 3.63) is 63.2 Å². The zero-order valence-corrected chi connectivity index (χ0v) is 15.7. The molecule has 1 fully saturated rings. The smallest absolute Gasteiger partial charge is 0.341 e. The van der Waals surface area contributed by atoms with Crippen LogP contribution in [0.15, 0.2) is 35.4 Å². The quantitative estimate of drug-likeness (QED) is 0.752. The number of carboxylic acids is 1. The number of benzene rings is 1. The summed E-state index contributed by atoms with van der Waals surface area (Å²) in [6.07, 6.45) is 6.19. The maximum atomic E-state index is 12.8. The lowest BCUT2D eigenvalue weighted by molar-refractivity contribution is 0.0695. The Bertz CT molecular complexity index is 1140. The molecule has 0 saturated heterocycles. The van der Waals surface area contributed by atoms with Gasteiger partial charge in [0.1, 0.15) is 5.56 Å². The predicted molar refractivity (Wildman–Crippen MR) is 106 cm³/mol. The van der Waals surface area contributed by atoms with Crippen molar-refractivity contribution in [1.29, 1.82) is 0 Å². The van der Waals surface area contributed by atoms with Crippen molar-refractivity contribution in [3.8, 4) is 11.1 Å². The van der Waals surface area contributed by atoms with Crippen LogP contribution in [0.25, 0.3) is 22.0 Å². The predicted octanol–water partition coefficient (Wildman–Crippen LogP) is 4.28. The maximum absolute atomic E-state index is 12.8. The summed E-state index contributed by atoms with van der Waals surface area (Å²) < 4.78 is 2.01. The minimum atomic E-state index is -1.17. The number of fused-ring (bicyclic) bond motifs is 1. The van der Waals surface area contributed by atoms with Gasteiger partial charge < -0.3 is 9.67 Å². The molecule has 1 aliphatic rings. The van der Waals surface area contributed by atoms with Gasteiger partial charge in [-0.3, -0.25) is 9.78 Å². The van der Waals surface area contributed by atoms with E-state index in [2.05, 4.69) is 24.9 Å². The van der Waals surface area contributed by atoms with Crippen LogP contribution in [0.4, 0.5) is 0 Å². The number of nitrogens with zero attached hydrogens (tertiary/aromatic N) is 2. The lowest BCUT2D eigenvalue weighted by Crippen LogP contribution is -2.19. The molecular formula is C22H22N2O3. The van der Waals surface area contributed by atoms with Crippen molar-refractivity contribution in [2.24, 2.45) is 0 Å². The van der Waals surface area contributed by atoms with Crippen LogP contribution in [0.2, 0.25) is 0 Å². The first-order valence-electron chi connectivity index (χ1n) is 9.30. The Hall–Kier alpha value is -2.95. The number of rotatable bonds is 4. The minimum Gasteiger partial charge on any atom is -0.477 e. The summed E-state index contributed by atoms with van der Waals surface area (Å²) in [6, 6.07) is 6.03. The van der Waals surface area contributed by atoms with E-state index in [-0.39, 0.29) is 11.6 Å². The third-order valence-corrected chi connectivity index (χ3v) is 5.36. The SMILES string of the molecule is CCc1c(-c2cnc(C)cc2C)ccc2c(=O)c(C(=O)O)cn(C3CC3)c12. The van der Waals surface area contributed by atoms with Gasteiger partial charge in [-0.05, 0) is 61.9 Å². The van der Waals surface area contributed by atoms with E-state index in [1.165, 1.54) is 6.20 Å². The van der Waals surface area contributed by atoms with Gasteiger partial charge in [0.2, 0.25) is 5.43 Å². The number of aromatic nitrogens is 2. The highest BCUT2D eigenvalue weighted by molar-refractivity contribution is 5.96. The number of carboxylic acid groups (broad SMARTS) is 1. The Morgan fingerprint density at radius 2 is 2.00 bits per heavy atom. The highest BCUT2D eigenvalue weighted by Gasteiger charge is 2.28. The standard InChI is InChI=1S/C22H22N2O3/c1-4-15-16(18-10-23-13(3)9-12(18)2)7-8-17-20(15)24(14-5-6-14)11-19(21(17)25)22(26)27/h7-11,14H,4-6H2,1-3H3,(H,26,27). The zero-order valence-electron chi connectivity index (χ0n) is 15.7. The summed E-state index contributed by atoms with van der Waals surface area (Å²) in [5, 5.41) is 9.94. The molecule has 5 heteroatoms. The molecule has 0 amide bonds. The average Bonchev–Trinajstić information content (AvgIpc) is 3.46. The Morgan fingerprint density at radius 3 is 2.59 bits per heavy atom. The number of carbonyl (C=O) groups is 1. The third-order valence-electron chi connectivity index (χ3n) is 5.36. The van der Waals surface area contributed by atoms with E-state index in [9.17, 15) is 14.7 Å². The molecule has 0 aliphatic heterocycles. The van der Waals surface area contributed by atoms with E-state index in [1.807, 2.05) is 23.8 Å². The molecule has 0 unspecified atom stereocenters. The van der Waals surface area contributed by atoms with Gasteiger partial charge in [-0.25, -0.2) is 4.79 Å². The van der Waals surface area contributed by atoms with Crippen LogP contribution >= 0.6 is 0 Å². The largest absolute Gasteiger partial charge is 0.477 e. The van der Waals surface area contributed by atoms with Crippen molar-refractivity contribution >= 4 is 16.9 Å². The van der Waals surface area contributed by atoms with Crippen LogP contribution in [0.1, 0.15) is 53.0 Å². The fourth-order valence-corrected chi connectivity index (χ4v) is 3.90. The van der Waals surface area contributed by atoms with Gasteiger partial charge in [-0.15, -0.1) is 0 Å². The summed E-state index contributed by atoms with van der Waals surface area (Å²) in [5.41, 5.74) is 5.60. The average molecular weight is 362 g/mol. The van der Waals surface area contributed by atoms with Crippen molar-refractivity contribution in [3.63, 3.8) is 0 Å². The number of hydrogen-bond acceptors (Lipinski definition) is 3. The number of aromatic carboxylic acids is 1. The topological polar surface area (TPSA) is 72.2 Å². The highest BCUT2D eigenvalue weighted by Crippen LogP contribution is 2.40. The first-order valence-corrected chi connectivity index (χ1v) is 9.30. The molecule has 4 rings (SSSR count). The number of pyridine rings is 2. The second kappa shape index (κ2) is 6.34. The third kappa shape index (κ3) is 2.83. The summed E-state index contributed by atoms with van der Waals surface area (Å²) in [5.74, 6) is -1.17. The van der Waals surface area contributed by atoms with Crippen LogP contribution in [0, 0.1) is 13.8 Å². The van der Waals surface area contributed by atoms with Crippen molar-refractivity contribution in [2.75, 3.05) is 0 Å². The summed E-state index contributed by atoms with van der Waals surface area (Å²) in [7, 11) is 0. The molecule has 2 aromatic heterocycles. The van der Waals surface area contributed by atoms with Gasteiger partial charge in [-0.2, -0.15) is 0 Å². The van der Waals surface area contributed by atoms with E-state index >= 15 is 0 Å². The first-order chi connectivity index (χ1) is 12.9. The second-order valence-electron chi connectivity index (χ2n) is 7.30. The maximum Gasteiger partial charge on any atom is 0.341 e. The lowest BCUT2D eigenvalue weighted by atomic mass is 9.92. The van der Waals surface area contributed by atoms with Gasteiger partial charge in [0.15, 0.2) is 0 Å². The molecule has 1 aromatic carbocycles. The zero-order chi connectivity index (χ0) is 19.3. The molecule has 1 N–H and O–H groups in total. The molecule has 0 atom stereocenters. The van der Waals surface area contributed by atoms with Crippen molar-refractivity contribution < 1.29 is 9.90 Å². The van der Waals surface area contributed by atoms with Gasteiger partial charge in [0.05, 0.1) is 5.52 Å². The molecule has 138 valence electrons. The number of aryl methyl sites for hydroxylation is 3. The lowest BCUT2D eigenvalue weighted by Gasteiger charge is -2.19. The summed E-state index contributed by atoms with van der Waals surface area (Å²) >= 11 is 0. The van der Waals surface area contributed by atoms with E-state index in [4.69, 9.17) is 0 Å². The molecular weight excluding hydrogens is 340 g/mol. The first kappa shape index (κ1) is 17.5. The Labute approximate surface area is 157 Å². The molecule has 0 spiro atoms. The molecule has 5 nitrogen and oxygen atoms in total. The molecule has 2 heterocycles. The van der Waals surface area contributed by atoms with E-state index in [0.717, 1.165) is 52.7 Å². The minimum absolute atomic E-state index is 0.155. The van der Waals surface area contributed by atoms with E-state index in [1.54, 1.807) is 6.07 Å². The molecule has 0 radical (unpaired) electrons. The van der Waals surface area contributed by atoms with Crippen molar-refractivity contribution in [1.82, 2.24) is 9.55 Å². The highest BCUT2D eigenvalue weighted by atomic mass is 16.4. The fourth-order valence-electron chi connectivity index (χ4n) is 3.90. The van der Waals surface area contributed by atoms with E-state index in [0.29, 0.717) is 5.39 Å². The summed E-state index contributed by atoms with van der Waals surface area (Å²) in [6.45, 7) is 6.10. The van der Waals surface area contributed by atoms with Crippen LogP contribution in [0.5, 0.6) is 0 Å². The molecule has 1 saturated carbocycles. The molecule has 27 heavy (non-hydrogen) atoms. The van der Waals surface area contributed by atoms with Gasteiger partial charge in [-0.1, -0.05) is 13.0 Å². The molecule has 1 aliphatic carbocycles. The normalized spacial score (nSPS) is 13.9. The Morgan fingerprint density at radius 1 is 1.26 bits per heavy atom. The molecule has 0 bridgehead atoms. The number of hydrogen-bond donors (Lipinski definition) is 1. The molecule has 3 aromatic rings. The van der Waals surface area contributed by atoms with Crippen LogP contribution in [0.3, 0.4) is 0 Å².